The van der Waals surface area contributed by atoms with Gasteiger partial charge in [-0.2, -0.15) is 0 Å². The summed E-state index contributed by atoms with van der Waals surface area (Å²) in [5.74, 6) is -0.781. The first-order valence-electron chi connectivity index (χ1n) is 5.52. The molecule has 0 spiro atoms. The van der Waals surface area contributed by atoms with Crippen LogP contribution in [0.25, 0.3) is 0 Å². The predicted molar refractivity (Wildman–Crippen MR) is 61.5 cm³/mol. The number of ether oxygens (including phenoxy) is 1. The van der Waals surface area contributed by atoms with Crippen molar-refractivity contribution in [3.8, 4) is 0 Å². The lowest BCUT2D eigenvalue weighted by Gasteiger charge is -2.39. The third-order valence-corrected chi connectivity index (χ3v) is 2.94. The van der Waals surface area contributed by atoms with E-state index in [0.717, 1.165) is 5.69 Å². The summed E-state index contributed by atoms with van der Waals surface area (Å²) in [6.07, 6.45) is 1.74. The van der Waals surface area contributed by atoms with Gasteiger partial charge in [0.15, 0.2) is 0 Å². The highest BCUT2D eigenvalue weighted by atomic mass is 16.5. The Hall–Kier alpha value is -1.46. The molecule has 17 heavy (non-hydrogen) atoms. The predicted octanol–water partition coefficient (Wildman–Crippen LogP) is 0.615. The number of hydrogen-bond donors (Lipinski definition) is 1. The topological polar surface area (TPSA) is 62.7 Å². The van der Waals surface area contributed by atoms with Crippen LogP contribution >= 0.6 is 0 Å². The van der Waals surface area contributed by atoms with Crippen LogP contribution in [0.2, 0.25) is 0 Å². The minimum atomic E-state index is -0.781. The van der Waals surface area contributed by atoms with Crippen molar-refractivity contribution in [2.45, 2.75) is 6.54 Å². The molecule has 1 aromatic rings. The smallest absolute Gasteiger partial charge is 0.315 e. The average molecular weight is 236 g/mol. The van der Waals surface area contributed by atoms with E-state index in [-0.39, 0.29) is 0 Å². The molecule has 0 aromatic carbocycles. The fraction of sp³-hybridized carbons (Fsp3) is 0.500. The van der Waals surface area contributed by atoms with Gasteiger partial charge in [0.2, 0.25) is 0 Å². The molecule has 1 N–H and O–H groups in total. The fourth-order valence-electron chi connectivity index (χ4n) is 1.97. The highest BCUT2D eigenvalue weighted by Gasteiger charge is 2.46. The van der Waals surface area contributed by atoms with Crippen LogP contribution in [0.5, 0.6) is 0 Å². The summed E-state index contributed by atoms with van der Waals surface area (Å²) in [6.45, 7) is 1.73. The zero-order valence-electron chi connectivity index (χ0n) is 9.80. The Balaban J connectivity index is 1.93. The standard InChI is InChI=1S/C12H16N2O3/c1-14(6-10-4-2-3-5-13-10)7-12(11(15)16)8-17-9-12/h2-5H,6-9H2,1H3,(H,15,16). The van der Waals surface area contributed by atoms with Crippen molar-refractivity contribution in [1.82, 2.24) is 9.88 Å². The highest BCUT2D eigenvalue weighted by Crippen LogP contribution is 2.28. The Labute approximate surface area is 100 Å². The number of carboxylic acids is 1. The van der Waals surface area contributed by atoms with E-state index in [4.69, 9.17) is 4.74 Å². The second kappa shape index (κ2) is 4.81. The van der Waals surface area contributed by atoms with Crippen LogP contribution in [-0.4, -0.2) is 47.8 Å². The van der Waals surface area contributed by atoms with Crippen LogP contribution < -0.4 is 0 Å². The molecule has 5 heteroatoms. The van der Waals surface area contributed by atoms with Gasteiger partial charge in [0.1, 0.15) is 5.41 Å². The summed E-state index contributed by atoms with van der Waals surface area (Å²) < 4.78 is 5.03. The maximum atomic E-state index is 11.2. The average Bonchev–Trinajstić information content (AvgIpc) is 2.24. The third-order valence-electron chi connectivity index (χ3n) is 2.94. The molecule has 0 aliphatic carbocycles. The van der Waals surface area contributed by atoms with Crippen molar-refractivity contribution in [2.75, 3.05) is 26.8 Å². The second-order valence-electron chi connectivity index (χ2n) is 4.57. The lowest BCUT2D eigenvalue weighted by atomic mass is 9.85. The Bertz CT molecular complexity index is 390. The highest BCUT2D eigenvalue weighted by molar-refractivity contribution is 5.76. The van der Waals surface area contributed by atoms with E-state index >= 15 is 0 Å². The van der Waals surface area contributed by atoms with Crippen molar-refractivity contribution in [3.05, 3.63) is 30.1 Å². The maximum absolute atomic E-state index is 11.2. The van der Waals surface area contributed by atoms with E-state index in [1.54, 1.807) is 6.20 Å². The quantitative estimate of drug-likeness (QED) is 0.811. The molecule has 1 fully saturated rings. The molecule has 0 radical (unpaired) electrons. The molecule has 1 aliphatic heterocycles. The van der Waals surface area contributed by atoms with Crippen molar-refractivity contribution >= 4 is 5.97 Å². The van der Waals surface area contributed by atoms with Gasteiger partial charge in [-0.15, -0.1) is 0 Å². The molecule has 0 saturated carbocycles. The van der Waals surface area contributed by atoms with Crippen molar-refractivity contribution in [1.29, 1.82) is 0 Å². The van der Waals surface area contributed by atoms with Gasteiger partial charge in [0.25, 0.3) is 0 Å². The number of hydrogen-bond acceptors (Lipinski definition) is 4. The lowest BCUT2D eigenvalue weighted by Crippen LogP contribution is -2.55. The molecule has 0 bridgehead atoms. The number of nitrogens with zero attached hydrogens (tertiary/aromatic N) is 2. The van der Waals surface area contributed by atoms with Crippen LogP contribution in [0.3, 0.4) is 0 Å². The molecule has 0 unspecified atom stereocenters. The van der Waals surface area contributed by atoms with Gasteiger partial charge in [0, 0.05) is 19.3 Å². The monoisotopic (exact) mass is 236 g/mol. The SMILES string of the molecule is CN(Cc1ccccn1)CC1(C(=O)O)COC1. The zero-order chi connectivity index (χ0) is 12.3. The molecular weight excluding hydrogens is 220 g/mol. The summed E-state index contributed by atoms with van der Waals surface area (Å²) >= 11 is 0. The van der Waals surface area contributed by atoms with Crippen LogP contribution in [0.1, 0.15) is 5.69 Å². The molecule has 0 atom stereocenters. The molecule has 92 valence electrons. The Morgan fingerprint density at radius 3 is 2.82 bits per heavy atom. The molecule has 2 rings (SSSR count). The van der Waals surface area contributed by atoms with Crippen molar-refractivity contribution < 1.29 is 14.6 Å². The van der Waals surface area contributed by atoms with E-state index in [1.807, 2.05) is 30.1 Å². The Kier molecular flexibility index (Phi) is 3.40. The van der Waals surface area contributed by atoms with Crippen molar-refractivity contribution in [3.63, 3.8) is 0 Å². The third kappa shape index (κ3) is 2.62. The van der Waals surface area contributed by atoms with Gasteiger partial charge >= 0.3 is 5.97 Å². The summed E-state index contributed by atoms with van der Waals surface area (Å²) in [4.78, 5) is 17.4. The van der Waals surface area contributed by atoms with E-state index in [1.165, 1.54) is 0 Å². The number of aromatic nitrogens is 1. The molecular formula is C12H16N2O3. The van der Waals surface area contributed by atoms with E-state index < -0.39 is 11.4 Å². The van der Waals surface area contributed by atoms with E-state index in [2.05, 4.69) is 4.98 Å². The summed E-state index contributed by atoms with van der Waals surface area (Å²) in [7, 11) is 1.90. The maximum Gasteiger partial charge on any atom is 0.315 e. The van der Waals surface area contributed by atoms with Gasteiger partial charge in [-0.25, -0.2) is 0 Å². The van der Waals surface area contributed by atoms with Crippen LogP contribution in [0, 0.1) is 5.41 Å². The molecule has 1 aromatic heterocycles. The van der Waals surface area contributed by atoms with Gasteiger partial charge in [-0.05, 0) is 19.2 Å². The second-order valence-corrected chi connectivity index (χ2v) is 4.57. The fourth-order valence-corrected chi connectivity index (χ4v) is 1.97. The van der Waals surface area contributed by atoms with Gasteiger partial charge in [-0.3, -0.25) is 14.7 Å². The zero-order valence-corrected chi connectivity index (χ0v) is 9.80. The number of carbonyl (C=O) groups is 1. The largest absolute Gasteiger partial charge is 0.481 e. The molecule has 0 amide bonds. The molecule has 5 nitrogen and oxygen atoms in total. The minimum absolute atomic E-state index is 0.300. The van der Waals surface area contributed by atoms with Crippen LogP contribution in [0.4, 0.5) is 0 Å². The van der Waals surface area contributed by atoms with Gasteiger partial charge in [-0.1, -0.05) is 6.07 Å². The minimum Gasteiger partial charge on any atom is -0.481 e. The normalized spacial score (nSPS) is 17.8. The molecule has 2 heterocycles. The summed E-state index contributed by atoms with van der Waals surface area (Å²) in [5.41, 5.74) is 0.208. The summed E-state index contributed by atoms with van der Waals surface area (Å²) in [5, 5.41) is 9.18. The Morgan fingerprint density at radius 2 is 2.35 bits per heavy atom. The number of rotatable bonds is 5. The number of aliphatic carboxylic acids is 1. The number of carboxylic acid groups (broad SMARTS) is 1. The number of pyridine rings is 1. The first kappa shape index (κ1) is 12.0. The van der Waals surface area contributed by atoms with Crippen molar-refractivity contribution in [2.24, 2.45) is 5.41 Å². The van der Waals surface area contributed by atoms with E-state index in [9.17, 15) is 9.90 Å². The van der Waals surface area contributed by atoms with Gasteiger partial charge < -0.3 is 9.84 Å². The Morgan fingerprint density at radius 1 is 1.59 bits per heavy atom. The first-order chi connectivity index (χ1) is 8.12. The van der Waals surface area contributed by atoms with Crippen LogP contribution in [-0.2, 0) is 16.1 Å². The first-order valence-corrected chi connectivity index (χ1v) is 5.52. The molecule has 1 saturated heterocycles. The summed E-state index contributed by atoms with van der Waals surface area (Å²) in [6, 6.07) is 5.72. The van der Waals surface area contributed by atoms with Crippen LogP contribution in [0.15, 0.2) is 24.4 Å². The van der Waals surface area contributed by atoms with E-state index in [0.29, 0.717) is 26.3 Å². The lowest BCUT2D eigenvalue weighted by molar-refractivity contribution is -0.183. The van der Waals surface area contributed by atoms with Gasteiger partial charge in [0.05, 0.1) is 18.9 Å². The molecule has 1 aliphatic rings.